The van der Waals surface area contributed by atoms with Crippen LogP contribution in [-0.2, 0) is 0 Å². The number of hydrogen-bond donors (Lipinski definition) is 2. The van der Waals surface area contributed by atoms with Crippen LogP contribution in [-0.4, -0.2) is 36.1 Å². The van der Waals surface area contributed by atoms with Crippen molar-refractivity contribution >= 4 is 17.7 Å². The Morgan fingerprint density at radius 3 is 2.90 bits per heavy atom. The quantitative estimate of drug-likeness (QED) is 0.648. The second-order valence-corrected chi connectivity index (χ2v) is 7.27. The van der Waals surface area contributed by atoms with Gasteiger partial charge in [-0.25, -0.2) is 0 Å². The van der Waals surface area contributed by atoms with E-state index in [1.54, 1.807) is 0 Å². The molecule has 0 aromatic heterocycles. The minimum atomic E-state index is 0.543. The third-order valence-electron chi connectivity index (χ3n) is 4.16. The van der Waals surface area contributed by atoms with Crippen molar-refractivity contribution in [1.82, 2.24) is 10.6 Å². The second-order valence-electron chi connectivity index (χ2n) is 5.86. The average molecular weight is 303 g/mol. The van der Waals surface area contributed by atoms with Crippen LogP contribution in [0.3, 0.4) is 0 Å². The molecule has 1 aliphatic heterocycles. The number of thioether (sulfide) groups is 1. The van der Waals surface area contributed by atoms with Crippen molar-refractivity contribution in [2.24, 2.45) is 4.99 Å². The summed E-state index contributed by atoms with van der Waals surface area (Å²) < 4.78 is 0. The fourth-order valence-corrected chi connectivity index (χ4v) is 4.08. The molecule has 1 saturated carbocycles. The van der Waals surface area contributed by atoms with Crippen molar-refractivity contribution in [2.45, 2.75) is 43.4 Å². The minimum Gasteiger partial charge on any atom is -0.357 e. The molecule has 1 aromatic rings. The van der Waals surface area contributed by atoms with Crippen molar-refractivity contribution in [2.75, 3.05) is 18.8 Å². The summed E-state index contributed by atoms with van der Waals surface area (Å²) >= 11 is 2.07. The van der Waals surface area contributed by atoms with Crippen molar-refractivity contribution in [3.63, 3.8) is 0 Å². The number of benzene rings is 1. The summed E-state index contributed by atoms with van der Waals surface area (Å²) in [5, 5.41) is 7.70. The summed E-state index contributed by atoms with van der Waals surface area (Å²) in [4.78, 5) is 4.78. The van der Waals surface area contributed by atoms with E-state index in [0.717, 1.165) is 24.3 Å². The summed E-state index contributed by atoms with van der Waals surface area (Å²) in [7, 11) is 0. The number of aliphatic imine (C=N–C) groups is 1. The number of nitrogens with zero attached hydrogens (tertiary/aromatic N) is 1. The Balaban J connectivity index is 1.52. The zero-order valence-electron chi connectivity index (χ0n) is 12.7. The predicted octanol–water partition coefficient (Wildman–Crippen LogP) is 2.99. The maximum atomic E-state index is 4.78. The third kappa shape index (κ3) is 4.16. The number of guanidine groups is 1. The second kappa shape index (κ2) is 7.21. The molecule has 114 valence electrons. The van der Waals surface area contributed by atoms with Gasteiger partial charge in [0.15, 0.2) is 5.96 Å². The monoisotopic (exact) mass is 303 g/mol. The molecule has 0 radical (unpaired) electrons. The summed E-state index contributed by atoms with van der Waals surface area (Å²) in [5.74, 6) is 2.95. The topological polar surface area (TPSA) is 36.4 Å². The zero-order chi connectivity index (χ0) is 14.5. The number of hydrogen-bond acceptors (Lipinski definition) is 2. The van der Waals surface area contributed by atoms with Crippen LogP contribution in [0.2, 0.25) is 0 Å². The lowest BCUT2D eigenvalue weighted by atomic mass is 10.1. The van der Waals surface area contributed by atoms with Crippen molar-refractivity contribution in [3.8, 4) is 0 Å². The fourth-order valence-electron chi connectivity index (χ4n) is 2.90. The van der Waals surface area contributed by atoms with Gasteiger partial charge in [0.1, 0.15) is 0 Å². The molecule has 0 spiro atoms. The van der Waals surface area contributed by atoms with E-state index in [2.05, 4.69) is 59.7 Å². The van der Waals surface area contributed by atoms with Gasteiger partial charge in [0.2, 0.25) is 0 Å². The minimum absolute atomic E-state index is 0.543. The lowest BCUT2D eigenvalue weighted by Gasteiger charge is -2.12. The van der Waals surface area contributed by atoms with E-state index in [0.29, 0.717) is 12.0 Å². The Hall–Kier alpha value is -1.16. The molecule has 3 nitrogen and oxygen atoms in total. The maximum Gasteiger partial charge on any atom is 0.191 e. The lowest BCUT2D eigenvalue weighted by molar-refractivity contribution is 0.758. The molecule has 0 bridgehead atoms. The van der Waals surface area contributed by atoms with Crippen LogP contribution in [0.1, 0.15) is 37.7 Å². The number of nitrogens with one attached hydrogen (secondary N) is 2. The van der Waals surface area contributed by atoms with Gasteiger partial charge in [0, 0.05) is 23.8 Å². The molecule has 2 aliphatic rings. The van der Waals surface area contributed by atoms with E-state index in [1.165, 1.54) is 30.6 Å². The summed E-state index contributed by atoms with van der Waals surface area (Å²) in [6.07, 6.45) is 3.89. The van der Waals surface area contributed by atoms with Crippen LogP contribution in [0.15, 0.2) is 35.3 Å². The van der Waals surface area contributed by atoms with Gasteiger partial charge in [-0.1, -0.05) is 30.3 Å². The molecule has 1 saturated heterocycles. The maximum absolute atomic E-state index is 4.78. The van der Waals surface area contributed by atoms with E-state index in [1.807, 2.05) is 0 Å². The molecule has 3 unspecified atom stereocenters. The SMILES string of the molecule is CCNC(=NCC1CCCS1)NC1CC1c1ccccc1. The van der Waals surface area contributed by atoms with Gasteiger partial charge >= 0.3 is 0 Å². The van der Waals surface area contributed by atoms with Crippen LogP contribution in [0, 0.1) is 0 Å². The van der Waals surface area contributed by atoms with Crippen LogP contribution in [0.4, 0.5) is 0 Å². The smallest absolute Gasteiger partial charge is 0.191 e. The van der Waals surface area contributed by atoms with E-state index in [-0.39, 0.29) is 0 Å². The molecule has 3 atom stereocenters. The average Bonchev–Trinajstić information content (AvgIpc) is 3.08. The van der Waals surface area contributed by atoms with Gasteiger partial charge in [0.05, 0.1) is 6.54 Å². The molecular formula is C17H25N3S. The van der Waals surface area contributed by atoms with E-state index >= 15 is 0 Å². The molecule has 2 fully saturated rings. The van der Waals surface area contributed by atoms with E-state index < -0.39 is 0 Å². The highest BCUT2D eigenvalue weighted by Crippen LogP contribution is 2.40. The highest BCUT2D eigenvalue weighted by atomic mass is 32.2. The molecular weight excluding hydrogens is 278 g/mol. The highest BCUT2D eigenvalue weighted by molar-refractivity contribution is 8.00. The lowest BCUT2D eigenvalue weighted by Crippen LogP contribution is -2.39. The van der Waals surface area contributed by atoms with Crippen molar-refractivity contribution in [3.05, 3.63) is 35.9 Å². The van der Waals surface area contributed by atoms with Gasteiger partial charge in [-0.2, -0.15) is 11.8 Å². The van der Waals surface area contributed by atoms with Crippen LogP contribution in [0.5, 0.6) is 0 Å². The van der Waals surface area contributed by atoms with Crippen LogP contribution >= 0.6 is 11.8 Å². The standard InChI is InChI=1S/C17H25N3S/c1-2-18-17(19-12-14-9-6-10-21-14)20-16-11-15(16)13-7-4-3-5-8-13/h3-5,7-8,14-16H,2,6,9-12H2,1H3,(H2,18,19,20). The molecule has 1 heterocycles. The van der Waals surface area contributed by atoms with Crippen molar-refractivity contribution in [1.29, 1.82) is 0 Å². The fraction of sp³-hybridized carbons (Fsp3) is 0.588. The number of rotatable bonds is 5. The summed E-state index contributed by atoms with van der Waals surface area (Å²) in [5.41, 5.74) is 1.44. The molecule has 2 N–H and O–H groups in total. The first-order valence-electron chi connectivity index (χ1n) is 8.08. The van der Waals surface area contributed by atoms with Gasteiger partial charge in [-0.15, -0.1) is 0 Å². The normalized spacial score (nSPS) is 28.4. The Kier molecular flexibility index (Phi) is 5.07. The molecule has 3 rings (SSSR count). The van der Waals surface area contributed by atoms with E-state index in [4.69, 9.17) is 4.99 Å². The first-order chi connectivity index (χ1) is 10.4. The first kappa shape index (κ1) is 14.8. The largest absolute Gasteiger partial charge is 0.357 e. The van der Waals surface area contributed by atoms with Gasteiger partial charge in [-0.3, -0.25) is 4.99 Å². The summed E-state index contributed by atoms with van der Waals surface area (Å²) in [6.45, 7) is 4.00. The molecule has 0 amide bonds. The highest BCUT2D eigenvalue weighted by Gasteiger charge is 2.38. The Morgan fingerprint density at radius 1 is 1.33 bits per heavy atom. The molecule has 4 heteroatoms. The Labute approximate surface area is 132 Å². The van der Waals surface area contributed by atoms with Crippen molar-refractivity contribution < 1.29 is 0 Å². The van der Waals surface area contributed by atoms with E-state index in [9.17, 15) is 0 Å². The molecule has 1 aliphatic carbocycles. The van der Waals surface area contributed by atoms with Gasteiger partial charge in [0.25, 0.3) is 0 Å². The zero-order valence-corrected chi connectivity index (χ0v) is 13.5. The first-order valence-corrected chi connectivity index (χ1v) is 9.13. The van der Waals surface area contributed by atoms with Crippen LogP contribution < -0.4 is 10.6 Å². The molecule has 1 aromatic carbocycles. The third-order valence-corrected chi connectivity index (χ3v) is 5.54. The Morgan fingerprint density at radius 2 is 2.19 bits per heavy atom. The van der Waals surface area contributed by atoms with Gasteiger partial charge in [-0.05, 0) is 37.5 Å². The predicted molar refractivity (Wildman–Crippen MR) is 92.2 cm³/mol. The Bertz CT molecular complexity index is 468. The summed E-state index contributed by atoms with van der Waals surface area (Å²) in [6, 6.07) is 11.3. The van der Waals surface area contributed by atoms with Crippen LogP contribution in [0.25, 0.3) is 0 Å². The van der Waals surface area contributed by atoms with Gasteiger partial charge < -0.3 is 10.6 Å². The molecule has 21 heavy (non-hydrogen) atoms.